The maximum atomic E-state index is 13.7. The van der Waals surface area contributed by atoms with Crippen molar-refractivity contribution in [2.45, 2.75) is 25.6 Å². The summed E-state index contributed by atoms with van der Waals surface area (Å²) in [6.45, 7) is 3.31. The summed E-state index contributed by atoms with van der Waals surface area (Å²) in [5.74, 6) is 0. The van der Waals surface area contributed by atoms with Crippen molar-refractivity contribution in [1.29, 1.82) is 0 Å². The maximum absolute atomic E-state index is 13.7. The summed E-state index contributed by atoms with van der Waals surface area (Å²) in [7, 11) is 0. The van der Waals surface area contributed by atoms with Gasteiger partial charge in [-0.1, -0.05) is 11.6 Å². The number of fused-ring (bicyclic) bond motifs is 1. The van der Waals surface area contributed by atoms with Gasteiger partial charge in [0.25, 0.3) is 0 Å². The number of hydrogen-bond acceptors (Lipinski definition) is 3. The highest BCUT2D eigenvalue weighted by atomic mass is 19.4. The molecule has 3 rings (SSSR count). The van der Waals surface area contributed by atoms with Gasteiger partial charge in [0, 0.05) is 11.1 Å². The summed E-state index contributed by atoms with van der Waals surface area (Å²) >= 11 is 0. The van der Waals surface area contributed by atoms with Crippen LogP contribution < -0.4 is 5.63 Å². The van der Waals surface area contributed by atoms with Crippen molar-refractivity contribution in [3.05, 3.63) is 69.3 Å². The summed E-state index contributed by atoms with van der Waals surface area (Å²) in [6.07, 6.45) is -5.11. The number of alkyl halides is 3. The number of nitrogens with one attached hydrogen (secondary N) is 1. The Morgan fingerprint density at radius 2 is 1.79 bits per heavy atom. The summed E-state index contributed by atoms with van der Waals surface area (Å²) < 4.78 is 46.1. The van der Waals surface area contributed by atoms with Gasteiger partial charge in [0.2, 0.25) is 5.60 Å². The largest absolute Gasteiger partial charge is 0.427 e. The molecule has 0 aliphatic heterocycles. The number of halogens is 3. The minimum Gasteiger partial charge on any atom is -0.422 e. The lowest BCUT2D eigenvalue weighted by Gasteiger charge is -2.29. The van der Waals surface area contributed by atoms with Crippen molar-refractivity contribution in [3.63, 3.8) is 0 Å². The minimum absolute atomic E-state index is 0.154. The van der Waals surface area contributed by atoms with Crippen LogP contribution in [-0.2, 0) is 5.60 Å². The van der Waals surface area contributed by atoms with E-state index in [0.29, 0.717) is 11.1 Å². The van der Waals surface area contributed by atoms with E-state index in [0.717, 1.165) is 17.7 Å². The molecule has 2 heterocycles. The van der Waals surface area contributed by atoms with Gasteiger partial charge in [-0.25, -0.2) is 4.79 Å². The molecule has 126 valence electrons. The Hall–Kier alpha value is -2.54. The van der Waals surface area contributed by atoms with Crippen molar-refractivity contribution >= 4 is 11.0 Å². The van der Waals surface area contributed by atoms with Gasteiger partial charge in [0.1, 0.15) is 5.58 Å². The first-order valence-electron chi connectivity index (χ1n) is 7.13. The molecule has 1 aromatic carbocycles. The molecule has 0 bridgehead atoms. The van der Waals surface area contributed by atoms with E-state index in [1.54, 1.807) is 26.0 Å². The zero-order valence-electron chi connectivity index (χ0n) is 12.9. The van der Waals surface area contributed by atoms with Gasteiger partial charge in [-0.15, -0.1) is 0 Å². The van der Waals surface area contributed by atoms with Gasteiger partial charge in [0.15, 0.2) is 0 Å². The van der Waals surface area contributed by atoms with E-state index in [1.807, 2.05) is 0 Å². The highest BCUT2D eigenvalue weighted by molar-refractivity contribution is 5.78. The molecule has 4 nitrogen and oxygen atoms in total. The molecule has 0 aliphatic rings. The highest BCUT2D eigenvalue weighted by Gasteiger charge is 2.59. The molecule has 7 heteroatoms. The summed E-state index contributed by atoms with van der Waals surface area (Å²) in [6, 6.07) is 8.27. The van der Waals surface area contributed by atoms with E-state index >= 15 is 0 Å². The highest BCUT2D eigenvalue weighted by Crippen LogP contribution is 2.43. The van der Waals surface area contributed by atoms with Crippen LogP contribution in [0, 0.1) is 13.8 Å². The fourth-order valence-electron chi connectivity index (χ4n) is 2.66. The molecule has 0 aliphatic carbocycles. The average Bonchev–Trinajstić information content (AvgIpc) is 2.92. The summed E-state index contributed by atoms with van der Waals surface area (Å²) in [5.41, 5.74) is -4.77. The average molecular weight is 337 g/mol. The first-order chi connectivity index (χ1) is 11.1. The Morgan fingerprint density at radius 3 is 2.38 bits per heavy atom. The zero-order valence-corrected chi connectivity index (χ0v) is 12.9. The van der Waals surface area contributed by atoms with Crippen LogP contribution in [0.1, 0.15) is 22.5 Å². The second-order valence-electron chi connectivity index (χ2n) is 5.75. The number of aliphatic hydroxyl groups is 1. The normalized spacial score (nSPS) is 14.8. The van der Waals surface area contributed by atoms with Gasteiger partial charge < -0.3 is 14.5 Å². The molecule has 1 unspecified atom stereocenters. The smallest absolute Gasteiger partial charge is 0.422 e. The fourth-order valence-corrected chi connectivity index (χ4v) is 2.66. The van der Waals surface area contributed by atoms with Crippen LogP contribution in [0.4, 0.5) is 13.2 Å². The van der Waals surface area contributed by atoms with Crippen LogP contribution in [0.15, 0.2) is 45.6 Å². The Morgan fingerprint density at radius 1 is 1.08 bits per heavy atom. The van der Waals surface area contributed by atoms with Crippen LogP contribution in [0.3, 0.4) is 0 Å². The Kier molecular flexibility index (Phi) is 3.56. The quantitative estimate of drug-likeness (QED) is 0.703. The molecule has 1 atom stereocenters. The van der Waals surface area contributed by atoms with E-state index in [9.17, 15) is 23.1 Å². The predicted octanol–water partition coefficient (Wildman–Crippen LogP) is 3.54. The minimum atomic E-state index is -5.11. The molecular weight excluding hydrogens is 323 g/mol. The van der Waals surface area contributed by atoms with Crippen molar-refractivity contribution in [1.82, 2.24) is 4.98 Å². The monoisotopic (exact) mass is 337 g/mol. The van der Waals surface area contributed by atoms with Crippen LogP contribution in [0.5, 0.6) is 0 Å². The second kappa shape index (κ2) is 5.24. The summed E-state index contributed by atoms with van der Waals surface area (Å²) in [4.78, 5) is 14.6. The topological polar surface area (TPSA) is 66.2 Å². The van der Waals surface area contributed by atoms with Crippen molar-refractivity contribution in [3.8, 4) is 0 Å². The number of H-pyrrole nitrogens is 1. The van der Waals surface area contributed by atoms with E-state index < -0.39 is 28.7 Å². The molecule has 0 fully saturated rings. The third-order valence-electron chi connectivity index (χ3n) is 3.91. The Labute approximate surface area is 134 Å². The number of benzene rings is 1. The molecule has 3 aromatic rings. The zero-order chi connectivity index (χ0) is 17.7. The predicted molar refractivity (Wildman–Crippen MR) is 81.8 cm³/mol. The lowest BCUT2D eigenvalue weighted by molar-refractivity contribution is -0.250. The van der Waals surface area contributed by atoms with E-state index in [2.05, 4.69) is 4.98 Å². The van der Waals surface area contributed by atoms with Crippen molar-refractivity contribution in [2.24, 2.45) is 0 Å². The molecule has 2 N–H and O–H groups in total. The third kappa shape index (κ3) is 2.41. The van der Waals surface area contributed by atoms with Gasteiger partial charge in [0.05, 0.1) is 11.3 Å². The maximum Gasteiger partial charge on any atom is 0.427 e. The van der Waals surface area contributed by atoms with E-state index in [1.165, 1.54) is 12.1 Å². The number of aromatic nitrogens is 1. The van der Waals surface area contributed by atoms with Gasteiger partial charge in [-0.2, -0.15) is 13.2 Å². The Balaban J connectivity index is 2.35. The number of aryl methyl sites for hydroxylation is 2. The SMILES string of the molecule is Cc1ccc2oc(=O)c(C(O)(c3ccc(C)[nH]3)C(F)(F)F)cc2c1. The van der Waals surface area contributed by atoms with Gasteiger partial charge in [-0.3, -0.25) is 0 Å². The van der Waals surface area contributed by atoms with Crippen LogP contribution in [-0.4, -0.2) is 16.3 Å². The molecule has 0 radical (unpaired) electrons. The molecule has 0 saturated carbocycles. The first kappa shape index (κ1) is 16.3. The van der Waals surface area contributed by atoms with Crippen molar-refractivity contribution < 1.29 is 22.7 Å². The first-order valence-corrected chi connectivity index (χ1v) is 7.13. The lowest BCUT2D eigenvalue weighted by atomic mass is 9.90. The van der Waals surface area contributed by atoms with Crippen molar-refractivity contribution in [2.75, 3.05) is 0 Å². The van der Waals surface area contributed by atoms with Crippen LogP contribution >= 0.6 is 0 Å². The molecule has 0 amide bonds. The second-order valence-corrected chi connectivity index (χ2v) is 5.75. The molecule has 0 saturated heterocycles. The standard InChI is InChI=1S/C17H14F3NO3/c1-9-3-5-13-11(7-9)8-12(15(22)24-13)16(23,17(18,19)20)14-6-4-10(2)21-14/h3-8,21,23H,1-2H3. The third-order valence-corrected chi connectivity index (χ3v) is 3.91. The van der Waals surface area contributed by atoms with E-state index in [4.69, 9.17) is 4.42 Å². The summed E-state index contributed by atoms with van der Waals surface area (Å²) in [5, 5.41) is 10.8. The lowest BCUT2D eigenvalue weighted by Crippen LogP contribution is -2.46. The molecular formula is C17H14F3NO3. The fraction of sp³-hybridized carbons (Fsp3) is 0.235. The molecule has 24 heavy (non-hydrogen) atoms. The number of hydrogen-bond donors (Lipinski definition) is 2. The number of rotatable bonds is 2. The number of aromatic amines is 1. The van der Waals surface area contributed by atoms with Gasteiger partial charge in [-0.05, 0) is 44.2 Å². The Bertz CT molecular complexity index is 971. The van der Waals surface area contributed by atoms with E-state index in [-0.39, 0.29) is 5.58 Å². The molecule has 2 aromatic heterocycles. The van der Waals surface area contributed by atoms with Gasteiger partial charge >= 0.3 is 11.8 Å². The van der Waals surface area contributed by atoms with Crippen LogP contribution in [0.2, 0.25) is 0 Å². The molecule has 0 spiro atoms. The van der Waals surface area contributed by atoms with Crippen LogP contribution in [0.25, 0.3) is 11.0 Å².